The van der Waals surface area contributed by atoms with Crippen LogP contribution in [0.25, 0.3) is 0 Å². The average molecular weight is 359 g/mol. The van der Waals surface area contributed by atoms with Crippen LogP contribution in [-0.4, -0.2) is 59.9 Å². The van der Waals surface area contributed by atoms with E-state index in [1.807, 2.05) is 11.8 Å². The van der Waals surface area contributed by atoms with Crippen molar-refractivity contribution in [2.75, 3.05) is 38.1 Å². The number of carbonyl (C=O) groups is 2. The molecule has 0 bridgehead atoms. The summed E-state index contributed by atoms with van der Waals surface area (Å²) in [5, 5.41) is 2.57. The molecule has 1 atom stereocenters. The molecule has 2 amide bonds. The Bertz CT molecular complexity index is 657. The van der Waals surface area contributed by atoms with Crippen molar-refractivity contribution >= 4 is 17.6 Å². The number of aryl methyl sites for hydroxylation is 1. The molecule has 2 fully saturated rings. The molecule has 1 aromatic heterocycles. The first kappa shape index (κ1) is 18.6. The van der Waals surface area contributed by atoms with Crippen molar-refractivity contribution in [3.8, 4) is 0 Å². The van der Waals surface area contributed by atoms with Crippen LogP contribution in [0.5, 0.6) is 0 Å². The third kappa shape index (κ3) is 4.51. The quantitative estimate of drug-likeness (QED) is 0.864. The molecule has 1 aromatic rings. The van der Waals surface area contributed by atoms with Gasteiger partial charge in [-0.1, -0.05) is 0 Å². The molecule has 7 heteroatoms. The maximum Gasteiger partial charge on any atom is 0.223 e. The molecule has 2 saturated heterocycles. The fourth-order valence-electron chi connectivity index (χ4n) is 3.84. The van der Waals surface area contributed by atoms with Crippen LogP contribution in [0.3, 0.4) is 0 Å². The highest BCUT2D eigenvalue weighted by molar-refractivity contribution is 5.83. The highest BCUT2D eigenvalue weighted by Gasteiger charge is 2.27. The van der Waals surface area contributed by atoms with Crippen LogP contribution in [0.2, 0.25) is 0 Å². The van der Waals surface area contributed by atoms with Crippen LogP contribution in [-0.2, 0) is 9.59 Å². The Morgan fingerprint density at radius 2 is 1.92 bits per heavy atom. The molecule has 0 aliphatic carbocycles. The summed E-state index contributed by atoms with van der Waals surface area (Å²) in [5.41, 5.74) is 1.04. The SMILES string of the molecule is CNC(=O)CCC(=O)N1CCCC(c2cc(N3CCCC3)nc(C)n2)C1. The molecule has 2 aliphatic heterocycles. The van der Waals surface area contributed by atoms with Gasteiger partial charge in [-0.15, -0.1) is 0 Å². The number of likely N-dealkylation sites (tertiary alicyclic amines) is 1. The van der Waals surface area contributed by atoms with Gasteiger partial charge in [-0.3, -0.25) is 9.59 Å². The molecular weight excluding hydrogens is 330 g/mol. The number of amides is 2. The smallest absolute Gasteiger partial charge is 0.223 e. The van der Waals surface area contributed by atoms with E-state index in [4.69, 9.17) is 0 Å². The molecule has 1 N–H and O–H groups in total. The molecule has 26 heavy (non-hydrogen) atoms. The summed E-state index contributed by atoms with van der Waals surface area (Å²) in [5.74, 6) is 2.04. The first-order valence-electron chi connectivity index (χ1n) is 9.65. The Labute approximate surface area is 155 Å². The van der Waals surface area contributed by atoms with Gasteiger partial charge < -0.3 is 15.1 Å². The van der Waals surface area contributed by atoms with E-state index in [1.165, 1.54) is 12.8 Å². The maximum absolute atomic E-state index is 12.4. The van der Waals surface area contributed by atoms with Gasteiger partial charge in [0.2, 0.25) is 11.8 Å². The first-order valence-corrected chi connectivity index (χ1v) is 9.65. The van der Waals surface area contributed by atoms with Crippen molar-refractivity contribution in [3.63, 3.8) is 0 Å². The highest BCUT2D eigenvalue weighted by Crippen LogP contribution is 2.29. The van der Waals surface area contributed by atoms with Crippen molar-refractivity contribution < 1.29 is 9.59 Å². The Morgan fingerprint density at radius 1 is 1.15 bits per heavy atom. The number of rotatable bonds is 5. The van der Waals surface area contributed by atoms with E-state index >= 15 is 0 Å². The minimum atomic E-state index is -0.0893. The molecule has 142 valence electrons. The lowest BCUT2D eigenvalue weighted by atomic mass is 9.94. The van der Waals surface area contributed by atoms with Gasteiger partial charge in [-0.25, -0.2) is 9.97 Å². The maximum atomic E-state index is 12.4. The second-order valence-corrected chi connectivity index (χ2v) is 7.24. The minimum absolute atomic E-state index is 0.0591. The molecular formula is C19H29N5O2. The van der Waals surface area contributed by atoms with Gasteiger partial charge in [-0.05, 0) is 32.6 Å². The van der Waals surface area contributed by atoms with Gasteiger partial charge in [-0.2, -0.15) is 0 Å². The normalized spacial score (nSPS) is 20.3. The number of piperidine rings is 1. The number of nitrogens with zero attached hydrogens (tertiary/aromatic N) is 4. The fraction of sp³-hybridized carbons (Fsp3) is 0.684. The second-order valence-electron chi connectivity index (χ2n) is 7.24. The standard InChI is InChI=1S/C19H29N5O2/c1-14-21-16(12-17(22-14)23-9-3-4-10-23)15-6-5-11-24(13-15)19(26)8-7-18(25)20-2/h12,15H,3-11,13H2,1-2H3,(H,20,25). The zero-order valence-corrected chi connectivity index (χ0v) is 15.8. The molecule has 0 saturated carbocycles. The van der Waals surface area contributed by atoms with E-state index in [0.29, 0.717) is 6.54 Å². The van der Waals surface area contributed by atoms with Crippen LogP contribution in [0.4, 0.5) is 5.82 Å². The van der Waals surface area contributed by atoms with Gasteiger partial charge in [0.15, 0.2) is 0 Å². The second kappa shape index (κ2) is 8.47. The zero-order chi connectivity index (χ0) is 18.5. The Morgan fingerprint density at radius 3 is 2.65 bits per heavy atom. The molecule has 3 heterocycles. The van der Waals surface area contributed by atoms with Crippen molar-refractivity contribution in [3.05, 3.63) is 17.6 Å². The van der Waals surface area contributed by atoms with Gasteiger partial charge in [0.25, 0.3) is 0 Å². The van der Waals surface area contributed by atoms with Gasteiger partial charge in [0.05, 0.1) is 5.69 Å². The van der Waals surface area contributed by atoms with Crippen LogP contribution in [0.1, 0.15) is 56.0 Å². The van der Waals surface area contributed by atoms with E-state index in [1.54, 1.807) is 7.05 Å². The topological polar surface area (TPSA) is 78.4 Å². The summed E-state index contributed by atoms with van der Waals surface area (Å²) in [6.07, 6.45) is 4.97. The molecule has 3 rings (SSSR count). The number of carbonyl (C=O) groups excluding carboxylic acids is 2. The van der Waals surface area contributed by atoms with E-state index in [9.17, 15) is 9.59 Å². The van der Waals surface area contributed by atoms with E-state index in [0.717, 1.165) is 49.8 Å². The Balaban J connectivity index is 1.67. The molecule has 0 radical (unpaired) electrons. The molecule has 2 aliphatic rings. The first-order chi connectivity index (χ1) is 12.6. The highest BCUT2D eigenvalue weighted by atomic mass is 16.2. The number of aromatic nitrogens is 2. The summed E-state index contributed by atoms with van der Waals surface area (Å²) < 4.78 is 0. The lowest BCUT2D eigenvalue weighted by Gasteiger charge is -2.33. The van der Waals surface area contributed by atoms with Crippen LogP contribution >= 0.6 is 0 Å². The van der Waals surface area contributed by atoms with Gasteiger partial charge in [0, 0.05) is 58.1 Å². The van der Waals surface area contributed by atoms with E-state index in [2.05, 4.69) is 26.3 Å². The molecule has 0 spiro atoms. The molecule has 0 aromatic carbocycles. The monoisotopic (exact) mass is 359 g/mol. The van der Waals surface area contributed by atoms with Crippen molar-refractivity contribution in [1.82, 2.24) is 20.2 Å². The van der Waals surface area contributed by atoms with Crippen LogP contribution in [0.15, 0.2) is 6.07 Å². The van der Waals surface area contributed by atoms with Gasteiger partial charge in [0.1, 0.15) is 11.6 Å². The predicted octanol–water partition coefficient (Wildman–Crippen LogP) is 1.62. The zero-order valence-electron chi connectivity index (χ0n) is 15.8. The van der Waals surface area contributed by atoms with Crippen molar-refractivity contribution in [2.45, 2.75) is 51.4 Å². The number of hydrogen-bond acceptors (Lipinski definition) is 5. The number of anilines is 1. The van der Waals surface area contributed by atoms with Crippen LogP contribution < -0.4 is 10.2 Å². The lowest BCUT2D eigenvalue weighted by molar-refractivity contribution is -0.134. The fourth-order valence-corrected chi connectivity index (χ4v) is 3.84. The average Bonchev–Trinajstić information content (AvgIpc) is 3.20. The minimum Gasteiger partial charge on any atom is -0.359 e. The Hall–Kier alpha value is -2.18. The van der Waals surface area contributed by atoms with Crippen molar-refractivity contribution in [2.24, 2.45) is 0 Å². The third-order valence-electron chi connectivity index (χ3n) is 5.31. The third-order valence-corrected chi connectivity index (χ3v) is 5.31. The number of nitrogens with one attached hydrogen (secondary N) is 1. The summed E-state index contributed by atoms with van der Waals surface area (Å²) in [6, 6.07) is 2.11. The van der Waals surface area contributed by atoms with E-state index < -0.39 is 0 Å². The summed E-state index contributed by atoms with van der Waals surface area (Å²) in [7, 11) is 1.60. The van der Waals surface area contributed by atoms with Crippen molar-refractivity contribution in [1.29, 1.82) is 0 Å². The Kier molecular flexibility index (Phi) is 6.06. The summed E-state index contributed by atoms with van der Waals surface area (Å²) in [6.45, 7) is 5.52. The summed E-state index contributed by atoms with van der Waals surface area (Å²) in [4.78, 5) is 37.3. The molecule has 1 unspecified atom stereocenters. The van der Waals surface area contributed by atoms with E-state index in [-0.39, 0.29) is 30.6 Å². The number of hydrogen-bond donors (Lipinski definition) is 1. The van der Waals surface area contributed by atoms with Gasteiger partial charge >= 0.3 is 0 Å². The molecule has 7 nitrogen and oxygen atoms in total. The predicted molar refractivity (Wildman–Crippen MR) is 100 cm³/mol. The summed E-state index contributed by atoms with van der Waals surface area (Å²) >= 11 is 0. The van der Waals surface area contributed by atoms with Crippen LogP contribution in [0, 0.1) is 6.92 Å². The largest absolute Gasteiger partial charge is 0.359 e. The lowest BCUT2D eigenvalue weighted by Crippen LogP contribution is -2.39.